The summed E-state index contributed by atoms with van der Waals surface area (Å²) < 4.78 is 6.22. The number of aliphatic hydroxyl groups excluding tert-OH is 1. The fraction of sp³-hybridized carbons (Fsp3) is 0.400. The summed E-state index contributed by atoms with van der Waals surface area (Å²) >= 11 is 9.34. The maximum absolute atomic E-state index is 9.08. The largest absolute Gasteiger partial charge is 0.492 e. The lowest BCUT2D eigenvalue weighted by Gasteiger charge is -2.10. The van der Waals surface area contributed by atoms with E-state index in [0.717, 1.165) is 10.9 Å². The van der Waals surface area contributed by atoms with Crippen molar-refractivity contribution in [2.24, 2.45) is 0 Å². The number of hydrogen-bond donors (Lipinski definition) is 1. The molecule has 4 heteroatoms. The molecule has 0 fully saturated rings. The van der Waals surface area contributed by atoms with Gasteiger partial charge in [0.1, 0.15) is 5.75 Å². The highest BCUT2D eigenvalue weighted by Crippen LogP contribution is 2.33. The van der Waals surface area contributed by atoms with Gasteiger partial charge in [-0.15, -0.1) is 0 Å². The van der Waals surface area contributed by atoms with Crippen LogP contribution in [0.25, 0.3) is 0 Å². The third-order valence-electron chi connectivity index (χ3n) is 1.77. The van der Waals surface area contributed by atoms with E-state index in [9.17, 15) is 0 Å². The van der Waals surface area contributed by atoms with Crippen LogP contribution in [-0.4, -0.2) is 11.7 Å². The predicted molar refractivity (Wildman–Crippen MR) is 60.9 cm³/mol. The molecule has 78 valence electrons. The van der Waals surface area contributed by atoms with Gasteiger partial charge in [0.25, 0.3) is 0 Å². The Morgan fingerprint density at radius 1 is 1.50 bits per heavy atom. The topological polar surface area (TPSA) is 29.5 Å². The van der Waals surface area contributed by atoms with Crippen LogP contribution in [0.2, 0.25) is 5.02 Å². The molecule has 0 aliphatic heterocycles. The van der Waals surface area contributed by atoms with Crippen molar-refractivity contribution in [3.05, 3.63) is 27.2 Å². The summed E-state index contributed by atoms with van der Waals surface area (Å²) in [5.41, 5.74) is 0.667. The van der Waals surface area contributed by atoms with Crippen LogP contribution in [0, 0.1) is 0 Å². The Kier molecular flexibility index (Phi) is 4.72. The SMILES string of the molecule is CCCOc1ccc(Br)c(CO)c1Cl. The van der Waals surface area contributed by atoms with Crippen LogP contribution >= 0.6 is 27.5 Å². The van der Waals surface area contributed by atoms with Gasteiger partial charge in [0.2, 0.25) is 0 Å². The van der Waals surface area contributed by atoms with E-state index in [0.29, 0.717) is 22.9 Å². The highest BCUT2D eigenvalue weighted by Gasteiger charge is 2.09. The van der Waals surface area contributed by atoms with Crippen molar-refractivity contribution in [1.29, 1.82) is 0 Å². The van der Waals surface area contributed by atoms with Crippen molar-refractivity contribution in [1.82, 2.24) is 0 Å². The van der Waals surface area contributed by atoms with Crippen LogP contribution in [0.3, 0.4) is 0 Å². The van der Waals surface area contributed by atoms with E-state index in [1.54, 1.807) is 6.07 Å². The minimum absolute atomic E-state index is 0.0945. The lowest BCUT2D eigenvalue weighted by atomic mass is 10.2. The number of halogens is 2. The third kappa shape index (κ3) is 2.62. The molecule has 0 bridgehead atoms. The Hall–Kier alpha value is -0.250. The highest BCUT2D eigenvalue weighted by atomic mass is 79.9. The molecule has 0 radical (unpaired) electrons. The lowest BCUT2D eigenvalue weighted by molar-refractivity contribution is 0.278. The number of ether oxygens (including phenoxy) is 1. The van der Waals surface area contributed by atoms with Gasteiger partial charge in [-0.1, -0.05) is 34.5 Å². The van der Waals surface area contributed by atoms with E-state index in [-0.39, 0.29) is 6.61 Å². The Morgan fingerprint density at radius 3 is 2.79 bits per heavy atom. The van der Waals surface area contributed by atoms with Crippen LogP contribution in [-0.2, 0) is 6.61 Å². The standard InChI is InChI=1S/C10H12BrClO2/c1-2-5-14-9-4-3-8(11)7(6-13)10(9)12/h3-4,13H,2,5-6H2,1H3. The van der Waals surface area contributed by atoms with Gasteiger partial charge in [-0.3, -0.25) is 0 Å². The second-order valence-corrected chi connectivity index (χ2v) is 4.08. The molecule has 1 aromatic carbocycles. The fourth-order valence-electron chi connectivity index (χ4n) is 1.04. The number of hydrogen-bond acceptors (Lipinski definition) is 2. The molecule has 14 heavy (non-hydrogen) atoms. The fourth-order valence-corrected chi connectivity index (χ4v) is 1.89. The van der Waals surface area contributed by atoms with E-state index in [1.165, 1.54) is 0 Å². The van der Waals surface area contributed by atoms with Gasteiger partial charge in [0, 0.05) is 10.0 Å². The van der Waals surface area contributed by atoms with Crippen molar-refractivity contribution in [3.63, 3.8) is 0 Å². The van der Waals surface area contributed by atoms with Crippen molar-refractivity contribution < 1.29 is 9.84 Å². The van der Waals surface area contributed by atoms with E-state index in [2.05, 4.69) is 15.9 Å². The maximum Gasteiger partial charge on any atom is 0.138 e. The van der Waals surface area contributed by atoms with E-state index in [1.807, 2.05) is 13.0 Å². The van der Waals surface area contributed by atoms with Crippen molar-refractivity contribution in [3.8, 4) is 5.75 Å². The number of benzene rings is 1. The first kappa shape index (κ1) is 11.8. The second kappa shape index (κ2) is 5.59. The smallest absolute Gasteiger partial charge is 0.138 e. The van der Waals surface area contributed by atoms with Gasteiger partial charge < -0.3 is 9.84 Å². The monoisotopic (exact) mass is 278 g/mol. The Morgan fingerprint density at radius 2 is 2.21 bits per heavy atom. The van der Waals surface area contributed by atoms with Gasteiger partial charge >= 0.3 is 0 Å². The van der Waals surface area contributed by atoms with Crippen LogP contribution in [0.1, 0.15) is 18.9 Å². The van der Waals surface area contributed by atoms with Gasteiger partial charge in [-0.05, 0) is 18.6 Å². The maximum atomic E-state index is 9.08. The van der Waals surface area contributed by atoms with Gasteiger partial charge in [0.15, 0.2) is 0 Å². The van der Waals surface area contributed by atoms with E-state index < -0.39 is 0 Å². The molecule has 0 saturated carbocycles. The summed E-state index contributed by atoms with van der Waals surface area (Å²) in [6.07, 6.45) is 0.931. The zero-order chi connectivity index (χ0) is 10.6. The molecule has 1 aromatic rings. The first-order chi connectivity index (χ1) is 6.70. The van der Waals surface area contributed by atoms with E-state index >= 15 is 0 Å². The van der Waals surface area contributed by atoms with Crippen LogP contribution in [0.4, 0.5) is 0 Å². The molecule has 0 amide bonds. The highest BCUT2D eigenvalue weighted by molar-refractivity contribution is 9.10. The first-order valence-corrected chi connectivity index (χ1v) is 5.58. The van der Waals surface area contributed by atoms with Gasteiger partial charge in [0.05, 0.1) is 18.2 Å². The number of rotatable bonds is 4. The zero-order valence-electron chi connectivity index (χ0n) is 7.89. The molecule has 0 unspecified atom stereocenters. The molecule has 0 spiro atoms. The lowest BCUT2D eigenvalue weighted by Crippen LogP contribution is -1.98. The van der Waals surface area contributed by atoms with Crippen LogP contribution in [0.5, 0.6) is 5.75 Å². The van der Waals surface area contributed by atoms with E-state index in [4.69, 9.17) is 21.4 Å². The summed E-state index contributed by atoms with van der Waals surface area (Å²) in [5, 5.41) is 9.56. The Bertz CT molecular complexity index is 315. The normalized spacial score (nSPS) is 10.3. The zero-order valence-corrected chi connectivity index (χ0v) is 10.2. The summed E-state index contributed by atoms with van der Waals surface area (Å²) in [7, 11) is 0. The molecular formula is C10H12BrClO2. The third-order valence-corrected chi connectivity index (χ3v) is 2.93. The molecule has 2 nitrogen and oxygen atoms in total. The minimum Gasteiger partial charge on any atom is -0.492 e. The second-order valence-electron chi connectivity index (χ2n) is 2.84. The molecular weight excluding hydrogens is 267 g/mol. The molecule has 0 heterocycles. The predicted octanol–water partition coefficient (Wildman–Crippen LogP) is 3.38. The molecule has 0 atom stereocenters. The van der Waals surface area contributed by atoms with Crippen molar-refractivity contribution in [2.45, 2.75) is 20.0 Å². The summed E-state index contributed by atoms with van der Waals surface area (Å²) in [6, 6.07) is 3.61. The van der Waals surface area contributed by atoms with Gasteiger partial charge in [-0.2, -0.15) is 0 Å². The van der Waals surface area contributed by atoms with Crippen molar-refractivity contribution in [2.75, 3.05) is 6.61 Å². The summed E-state index contributed by atoms with van der Waals surface area (Å²) in [6.45, 7) is 2.56. The molecule has 1 N–H and O–H groups in total. The molecule has 1 rings (SSSR count). The molecule has 0 aliphatic carbocycles. The van der Waals surface area contributed by atoms with Crippen molar-refractivity contribution >= 4 is 27.5 Å². The number of aliphatic hydroxyl groups is 1. The Balaban J connectivity index is 2.96. The van der Waals surface area contributed by atoms with Crippen LogP contribution < -0.4 is 4.74 Å². The Labute approximate surface area is 97.0 Å². The molecule has 0 aromatic heterocycles. The minimum atomic E-state index is -0.0945. The molecule has 0 saturated heterocycles. The average molecular weight is 280 g/mol. The molecule has 0 aliphatic rings. The summed E-state index contributed by atoms with van der Waals surface area (Å²) in [4.78, 5) is 0. The van der Waals surface area contributed by atoms with Crippen LogP contribution in [0.15, 0.2) is 16.6 Å². The first-order valence-electron chi connectivity index (χ1n) is 4.41. The average Bonchev–Trinajstić information content (AvgIpc) is 2.18. The summed E-state index contributed by atoms with van der Waals surface area (Å²) in [5.74, 6) is 0.626. The van der Waals surface area contributed by atoms with Gasteiger partial charge in [-0.25, -0.2) is 0 Å². The quantitative estimate of drug-likeness (QED) is 0.915.